The van der Waals surface area contributed by atoms with E-state index in [0.29, 0.717) is 11.7 Å². The molecule has 0 aliphatic heterocycles. The highest BCUT2D eigenvalue weighted by molar-refractivity contribution is 6.02. The van der Waals surface area contributed by atoms with Gasteiger partial charge in [-0.15, -0.1) is 0 Å². The molecule has 0 saturated carbocycles. The number of nitrogens with one attached hydrogen (secondary N) is 1. The van der Waals surface area contributed by atoms with Crippen LogP contribution in [0.5, 0.6) is 0 Å². The Morgan fingerprint density at radius 3 is 2.61 bits per heavy atom. The van der Waals surface area contributed by atoms with Crippen LogP contribution in [0.4, 0.5) is 5.69 Å². The van der Waals surface area contributed by atoms with E-state index in [2.05, 4.69) is 10.3 Å². The Labute approximate surface area is 131 Å². The number of nitrogens with zero attached hydrogens (tertiary/aromatic N) is 2. The topological polar surface area (TPSA) is 72.2 Å². The number of carbonyl (C=O) groups excluding carboxylic acids is 1. The average molecular weight is 306 g/mol. The van der Waals surface area contributed by atoms with Crippen LogP contribution in [0, 0.1) is 0 Å². The van der Waals surface area contributed by atoms with Gasteiger partial charge in [-0.05, 0) is 24.3 Å². The van der Waals surface area contributed by atoms with E-state index in [0.717, 1.165) is 11.1 Å². The molecular weight excluding hydrogens is 294 g/mol. The van der Waals surface area contributed by atoms with Gasteiger partial charge in [0.2, 0.25) is 5.52 Å². The van der Waals surface area contributed by atoms with E-state index in [1.165, 1.54) is 6.26 Å². The summed E-state index contributed by atoms with van der Waals surface area (Å²) in [6.45, 7) is 0. The summed E-state index contributed by atoms with van der Waals surface area (Å²) in [7, 11) is 0. The summed E-state index contributed by atoms with van der Waals surface area (Å²) in [6.07, 6.45) is 4.99. The summed E-state index contributed by atoms with van der Waals surface area (Å²) in [5.74, 6) is -0.0321. The second kappa shape index (κ2) is 5.42. The van der Waals surface area contributed by atoms with E-state index in [9.17, 15) is 4.79 Å². The third-order valence-corrected chi connectivity index (χ3v) is 3.34. The molecular formula is C17H12N3O3+. The van der Waals surface area contributed by atoms with Gasteiger partial charge in [-0.25, -0.2) is 0 Å². The number of carbonyl (C=O) groups is 1. The SMILES string of the molecule is O=C(Nc1cc[n+](-c2nc3ccccc3o2)cc1)c1ccco1. The Morgan fingerprint density at radius 2 is 1.87 bits per heavy atom. The van der Waals surface area contributed by atoms with Crippen LogP contribution in [0.25, 0.3) is 17.1 Å². The fourth-order valence-corrected chi connectivity index (χ4v) is 2.21. The molecule has 1 aromatic carbocycles. The number of fused-ring (bicyclic) bond motifs is 1. The van der Waals surface area contributed by atoms with Gasteiger partial charge in [-0.3, -0.25) is 4.79 Å². The van der Waals surface area contributed by atoms with Gasteiger partial charge in [0.05, 0.1) is 6.26 Å². The van der Waals surface area contributed by atoms with E-state index < -0.39 is 0 Å². The molecule has 0 atom stereocenters. The molecule has 0 radical (unpaired) electrons. The van der Waals surface area contributed by atoms with Crippen molar-refractivity contribution in [3.63, 3.8) is 0 Å². The first kappa shape index (κ1) is 13.3. The summed E-state index contributed by atoms with van der Waals surface area (Å²) in [5, 5.41) is 2.75. The summed E-state index contributed by atoms with van der Waals surface area (Å²) in [5.41, 5.74) is 2.18. The Kier molecular flexibility index (Phi) is 3.12. The molecule has 0 aliphatic carbocycles. The molecule has 0 spiro atoms. The second-order valence-electron chi connectivity index (χ2n) is 4.89. The first-order chi connectivity index (χ1) is 11.3. The predicted molar refractivity (Wildman–Crippen MR) is 82.2 cm³/mol. The molecule has 112 valence electrons. The molecule has 4 aromatic rings. The lowest BCUT2D eigenvalue weighted by Gasteiger charge is -2.02. The molecule has 3 aromatic heterocycles. The van der Waals surface area contributed by atoms with Gasteiger partial charge in [0.15, 0.2) is 11.3 Å². The average Bonchev–Trinajstić information content (AvgIpc) is 3.25. The van der Waals surface area contributed by atoms with Crippen LogP contribution in [0.3, 0.4) is 0 Å². The van der Waals surface area contributed by atoms with Gasteiger partial charge >= 0.3 is 6.01 Å². The van der Waals surface area contributed by atoms with Crippen molar-refractivity contribution in [2.75, 3.05) is 5.32 Å². The van der Waals surface area contributed by atoms with Crippen LogP contribution in [0.2, 0.25) is 0 Å². The number of rotatable bonds is 3. The van der Waals surface area contributed by atoms with Gasteiger partial charge in [0.25, 0.3) is 5.91 Å². The van der Waals surface area contributed by atoms with Crippen LogP contribution in [0.15, 0.2) is 76.0 Å². The Morgan fingerprint density at radius 1 is 1.04 bits per heavy atom. The number of pyridine rings is 1. The number of oxazole rings is 1. The number of benzene rings is 1. The Hall–Kier alpha value is -3.41. The quantitative estimate of drug-likeness (QED) is 0.591. The van der Waals surface area contributed by atoms with Gasteiger partial charge in [0.1, 0.15) is 12.4 Å². The number of aromatic nitrogens is 2. The minimum atomic E-state index is -0.297. The molecule has 4 rings (SSSR count). The maximum absolute atomic E-state index is 11.9. The van der Waals surface area contributed by atoms with E-state index in [1.54, 1.807) is 41.2 Å². The van der Waals surface area contributed by atoms with Crippen LogP contribution < -0.4 is 9.88 Å². The monoisotopic (exact) mass is 306 g/mol. The summed E-state index contributed by atoms with van der Waals surface area (Å²) < 4.78 is 12.5. The molecule has 1 N–H and O–H groups in total. The highest BCUT2D eigenvalue weighted by Gasteiger charge is 2.17. The van der Waals surface area contributed by atoms with Crippen LogP contribution in [0.1, 0.15) is 10.6 Å². The van der Waals surface area contributed by atoms with Gasteiger partial charge in [-0.1, -0.05) is 12.1 Å². The van der Waals surface area contributed by atoms with Crippen molar-refractivity contribution >= 4 is 22.7 Å². The van der Waals surface area contributed by atoms with E-state index in [-0.39, 0.29) is 11.7 Å². The highest BCUT2D eigenvalue weighted by Crippen LogP contribution is 2.15. The van der Waals surface area contributed by atoms with E-state index >= 15 is 0 Å². The maximum atomic E-state index is 11.9. The first-order valence-electron chi connectivity index (χ1n) is 7.02. The number of furan rings is 1. The van der Waals surface area contributed by atoms with Crippen LogP contribution in [-0.4, -0.2) is 10.9 Å². The van der Waals surface area contributed by atoms with Crippen molar-refractivity contribution in [1.82, 2.24) is 4.98 Å². The Bertz CT molecular complexity index is 923. The third-order valence-electron chi connectivity index (χ3n) is 3.34. The molecule has 0 fully saturated rings. The zero-order chi connectivity index (χ0) is 15.6. The molecule has 0 saturated heterocycles. The fourth-order valence-electron chi connectivity index (χ4n) is 2.21. The molecule has 1 amide bonds. The highest BCUT2D eigenvalue weighted by atomic mass is 16.4. The molecule has 3 heterocycles. The van der Waals surface area contributed by atoms with Gasteiger partial charge in [0, 0.05) is 22.8 Å². The predicted octanol–water partition coefficient (Wildman–Crippen LogP) is 2.95. The molecule has 0 bridgehead atoms. The van der Waals surface area contributed by atoms with Crippen molar-refractivity contribution in [3.05, 3.63) is 72.9 Å². The van der Waals surface area contributed by atoms with Crippen molar-refractivity contribution < 1.29 is 18.2 Å². The number of anilines is 1. The number of hydrogen-bond donors (Lipinski definition) is 1. The lowest BCUT2D eigenvalue weighted by molar-refractivity contribution is -0.612. The van der Waals surface area contributed by atoms with Gasteiger partial charge in [-0.2, -0.15) is 4.57 Å². The van der Waals surface area contributed by atoms with Crippen LogP contribution >= 0.6 is 0 Å². The lowest BCUT2D eigenvalue weighted by Crippen LogP contribution is -2.29. The molecule has 0 unspecified atom stereocenters. The summed E-state index contributed by atoms with van der Waals surface area (Å²) in [4.78, 5) is 16.3. The largest absolute Gasteiger partial charge is 0.509 e. The smallest absolute Gasteiger partial charge is 0.459 e. The maximum Gasteiger partial charge on any atom is 0.509 e. The van der Waals surface area contributed by atoms with E-state index in [1.807, 2.05) is 24.3 Å². The van der Waals surface area contributed by atoms with E-state index in [4.69, 9.17) is 8.83 Å². The number of para-hydroxylation sites is 2. The molecule has 6 nitrogen and oxygen atoms in total. The molecule has 0 aliphatic rings. The zero-order valence-corrected chi connectivity index (χ0v) is 12.0. The van der Waals surface area contributed by atoms with Crippen molar-refractivity contribution in [2.24, 2.45) is 0 Å². The lowest BCUT2D eigenvalue weighted by atomic mass is 10.3. The normalized spacial score (nSPS) is 10.8. The fraction of sp³-hybridized carbons (Fsp3) is 0. The minimum absolute atomic E-state index is 0.265. The summed E-state index contributed by atoms with van der Waals surface area (Å²) in [6, 6.07) is 14.8. The van der Waals surface area contributed by atoms with Crippen molar-refractivity contribution in [3.8, 4) is 6.01 Å². The van der Waals surface area contributed by atoms with Crippen molar-refractivity contribution in [2.45, 2.75) is 0 Å². The zero-order valence-electron chi connectivity index (χ0n) is 12.0. The number of amides is 1. The standard InChI is InChI=1S/C17H11N3O3/c21-16(15-6-3-11-22-15)18-12-7-9-20(10-8-12)17-19-13-4-1-2-5-14(13)23-17/h1-11H/p+1. The summed E-state index contributed by atoms with van der Waals surface area (Å²) >= 11 is 0. The van der Waals surface area contributed by atoms with Crippen molar-refractivity contribution in [1.29, 1.82) is 0 Å². The van der Waals surface area contributed by atoms with Crippen LogP contribution in [-0.2, 0) is 0 Å². The number of hydrogen-bond acceptors (Lipinski definition) is 4. The molecule has 23 heavy (non-hydrogen) atoms. The first-order valence-corrected chi connectivity index (χ1v) is 7.02. The second-order valence-corrected chi connectivity index (χ2v) is 4.89. The molecule has 6 heteroatoms. The Balaban J connectivity index is 1.57. The minimum Gasteiger partial charge on any atom is -0.459 e. The third kappa shape index (κ3) is 2.57. The van der Waals surface area contributed by atoms with Gasteiger partial charge < -0.3 is 14.2 Å².